The number of carbonyl (C=O) groups is 1. The Hall–Kier alpha value is -2.17. The first-order valence-electron chi connectivity index (χ1n) is 4.97. The summed E-state index contributed by atoms with van der Waals surface area (Å²) in [6.07, 6.45) is 6.69. The fourth-order valence-corrected chi connectivity index (χ4v) is 1.53. The quantitative estimate of drug-likeness (QED) is 0.809. The van der Waals surface area contributed by atoms with Gasteiger partial charge in [-0.05, 0) is 18.1 Å². The van der Waals surface area contributed by atoms with Crippen molar-refractivity contribution in [2.24, 2.45) is 0 Å². The molecule has 0 aliphatic rings. The van der Waals surface area contributed by atoms with Crippen molar-refractivity contribution in [3.8, 4) is 0 Å². The SMILES string of the molecule is CCc1ccncc1C(=O)n1cc[nH]c1=O. The molecule has 0 unspecified atom stereocenters. The number of nitrogens with zero attached hydrogens (tertiary/aromatic N) is 2. The van der Waals surface area contributed by atoms with E-state index < -0.39 is 5.69 Å². The molecule has 0 radical (unpaired) electrons. The fourth-order valence-electron chi connectivity index (χ4n) is 1.53. The Labute approximate surface area is 91.8 Å². The van der Waals surface area contributed by atoms with E-state index in [1.807, 2.05) is 6.92 Å². The van der Waals surface area contributed by atoms with Gasteiger partial charge in [0.05, 0.1) is 5.56 Å². The molecular formula is C11H11N3O2. The van der Waals surface area contributed by atoms with Crippen molar-refractivity contribution in [2.45, 2.75) is 13.3 Å². The number of rotatable bonds is 2. The monoisotopic (exact) mass is 217 g/mol. The molecule has 1 N–H and O–H groups in total. The highest BCUT2D eigenvalue weighted by molar-refractivity contribution is 5.96. The maximum absolute atomic E-state index is 12.0. The number of carbonyl (C=O) groups excluding carboxylic acids is 1. The van der Waals surface area contributed by atoms with Crippen molar-refractivity contribution in [2.75, 3.05) is 0 Å². The molecule has 16 heavy (non-hydrogen) atoms. The summed E-state index contributed by atoms with van der Waals surface area (Å²) in [6, 6.07) is 1.78. The third kappa shape index (κ3) is 1.67. The number of aromatic nitrogens is 3. The van der Waals surface area contributed by atoms with Crippen LogP contribution in [0.2, 0.25) is 0 Å². The summed E-state index contributed by atoms with van der Waals surface area (Å²) in [5, 5.41) is 0. The minimum absolute atomic E-state index is 0.351. The highest BCUT2D eigenvalue weighted by Gasteiger charge is 2.13. The van der Waals surface area contributed by atoms with Gasteiger partial charge in [-0.15, -0.1) is 0 Å². The molecule has 5 nitrogen and oxygen atoms in total. The minimum atomic E-state index is -0.434. The first kappa shape index (κ1) is 10.4. The van der Waals surface area contributed by atoms with E-state index in [1.54, 1.807) is 12.3 Å². The molecule has 0 saturated heterocycles. The number of imidazole rings is 1. The van der Waals surface area contributed by atoms with Gasteiger partial charge in [0, 0.05) is 24.8 Å². The predicted molar refractivity (Wildman–Crippen MR) is 58.4 cm³/mol. The Morgan fingerprint density at radius 3 is 3.00 bits per heavy atom. The molecule has 0 bridgehead atoms. The molecular weight excluding hydrogens is 206 g/mol. The molecule has 0 spiro atoms. The summed E-state index contributed by atoms with van der Waals surface area (Å²) in [4.78, 5) is 29.6. The van der Waals surface area contributed by atoms with Crippen LogP contribution in [0.5, 0.6) is 0 Å². The van der Waals surface area contributed by atoms with E-state index in [9.17, 15) is 9.59 Å². The third-order valence-electron chi connectivity index (χ3n) is 2.39. The van der Waals surface area contributed by atoms with Crippen molar-refractivity contribution in [1.82, 2.24) is 14.5 Å². The minimum Gasteiger partial charge on any atom is -0.312 e. The van der Waals surface area contributed by atoms with Crippen molar-refractivity contribution >= 4 is 5.91 Å². The molecule has 0 fully saturated rings. The predicted octanol–water partition coefficient (Wildman–Crippen LogP) is 0.822. The average Bonchev–Trinajstić information content (AvgIpc) is 2.74. The lowest BCUT2D eigenvalue weighted by atomic mass is 10.1. The number of hydrogen-bond acceptors (Lipinski definition) is 3. The smallest absolute Gasteiger partial charge is 0.312 e. The van der Waals surface area contributed by atoms with Gasteiger partial charge in [0.1, 0.15) is 0 Å². The number of hydrogen-bond donors (Lipinski definition) is 1. The van der Waals surface area contributed by atoms with Crippen molar-refractivity contribution in [1.29, 1.82) is 0 Å². The first-order valence-corrected chi connectivity index (χ1v) is 4.97. The summed E-state index contributed by atoms with van der Waals surface area (Å²) in [5.41, 5.74) is 0.913. The summed E-state index contributed by atoms with van der Waals surface area (Å²) in [7, 11) is 0. The Balaban J connectivity index is 2.50. The second-order valence-electron chi connectivity index (χ2n) is 3.33. The molecule has 2 rings (SSSR count). The van der Waals surface area contributed by atoms with Crippen molar-refractivity contribution in [3.05, 3.63) is 52.5 Å². The lowest BCUT2D eigenvalue weighted by molar-refractivity contribution is 0.0955. The molecule has 82 valence electrons. The van der Waals surface area contributed by atoms with E-state index in [0.717, 1.165) is 16.6 Å². The van der Waals surface area contributed by atoms with Crippen LogP contribution in [0.4, 0.5) is 0 Å². The van der Waals surface area contributed by atoms with Crippen LogP contribution < -0.4 is 5.69 Å². The lowest BCUT2D eigenvalue weighted by Gasteiger charge is -2.04. The summed E-state index contributed by atoms with van der Waals surface area (Å²) in [6.45, 7) is 1.95. The van der Waals surface area contributed by atoms with Crippen molar-refractivity contribution < 1.29 is 4.79 Å². The van der Waals surface area contributed by atoms with E-state index >= 15 is 0 Å². The Bertz CT molecular complexity index is 568. The highest BCUT2D eigenvalue weighted by atomic mass is 16.2. The van der Waals surface area contributed by atoms with Crippen LogP contribution in [0, 0.1) is 0 Å². The van der Waals surface area contributed by atoms with Gasteiger partial charge in [0.2, 0.25) is 0 Å². The van der Waals surface area contributed by atoms with Gasteiger partial charge in [-0.1, -0.05) is 6.92 Å². The zero-order valence-electron chi connectivity index (χ0n) is 8.80. The summed E-state index contributed by atoms with van der Waals surface area (Å²) in [5.74, 6) is -0.351. The van der Waals surface area contributed by atoms with Gasteiger partial charge >= 0.3 is 5.69 Å². The Morgan fingerprint density at radius 1 is 1.56 bits per heavy atom. The fraction of sp³-hybridized carbons (Fsp3) is 0.182. The number of aromatic amines is 1. The lowest BCUT2D eigenvalue weighted by Crippen LogP contribution is -2.25. The van der Waals surface area contributed by atoms with E-state index in [0.29, 0.717) is 5.56 Å². The average molecular weight is 217 g/mol. The molecule has 0 amide bonds. The van der Waals surface area contributed by atoms with Crippen LogP contribution in [-0.4, -0.2) is 20.4 Å². The highest BCUT2D eigenvalue weighted by Crippen LogP contribution is 2.08. The second kappa shape index (κ2) is 4.14. The van der Waals surface area contributed by atoms with Crippen molar-refractivity contribution in [3.63, 3.8) is 0 Å². The van der Waals surface area contributed by atoms with Gasteiger partial charge in [-0.2, -0.15) is 0 Å². The number of pyridine rings is 1. The Kier molecular flexibility index (Phi) is 2.68. The standard InChI is InChI=1S/C11H11N3O2/c1-2-8-3-4-12-7-9(8)10(15)14-6-5-13-11(14)16/h3-7H,2H2,1H3,(H,13,16). The summed E-state index contributed by atoms with van der Waals surface area (Å²) >= 11 is 0. The number of nitrogens with one attached hydrogen (secondary N) is 1. The van der Waals surface area contributed by atoms with Gasteiger partial charge in [0.25, 0.3) is 5.91 Å². The van der Waals surface area contributed by atoms with Crippen LogP contribution in [0.25, 0.3) is 0 Å². The normalized spacial score (nSPS) is 10.3. The van der Waals surface area contributed by atoms with Crippen LogP contribution >= 0.6 is 0 Å². The topological polar surface area (TPSA) is 67.8 Å². The van der Waals surface area contributed by atoms with Gasteiger partial charge in [-0.3, -0.25) is 9.78 Å². The third-order valence-corrected chi connectivity index (χ3v) is 2.39. The first-order chi connectivity index (χ1) is 7.74. The largest absolute Gasteiger partial charge is 0.332 e. The zero-order chi connectivity index (χ0) is 11.5. The van der Waals surface area contributed by atoms with E-state index in [4.69, 9.17) is 0 Å². The molecule has 2 aromatic rings. The molecule has 0 aliphatic heterocycles. The Morgan fingerprint density at radius 2 is 2.38 bits per heavy atom. The van der Waals surface area contributed by atoms with E-state index in [1.165, 1.54) is 18.6 Å². The van der Waals surface area contributed by atoms with Crippen LogP contribution in [-0.2, 0) is 6.42 Å². The molecule has 2 heterocycles. The molecule has 0 saturated carbocycles. The van der Waals surface area contributed by atoms with Gasteiger partial charge in [0.15, 0.2) is 0 Å². The maximum Gasteiger partial charge on any atom is 0.332 e. The van der Waals surface area contributed by atoms with Gasteiger partial charge in [-0.25, -0.2) is 9.36 Å². The van der Waals surface area contributed by atoms with Gasteiger partial charge < -0.3 is 4.98 Å². The number of aryl methyl sites for hydroxylation is 1. The zero-order valence-corrected chi connectivity index (χ0v) is 8.80. The number of H-pyrrole nitrogens is 1. The molecule has 2 aromatic heterocycles. The van der Waals surface area contributed by atoms with Crippen LogP contribution in [0.3, 0.4) is 0 Å². The summed E-state index contributed by atoms with van der Waals surface area (Å²) < 4.78 is 1.04. The second-order valence-corrected chi connectivity index (χ2v) is 3.33. The van der Waals surface area contributed by atoms with Crippen LogP contribution in [0.1, 0.15) is 22.8 Å². The van der Waals surface area contributed by atoms with E-state index in [2.05, 4.69) is 9.97 Å². The molecule has 0 aromatic carbocycles. The maximum atomic E-state index is 12.0. The van der Waals surface area contributed by atoms with E-state index in [-0.39, 0.29) is 5.91 Å². The molecule has 0 aliphatic carbocycles. The molecule has 0 atom stereocenters. The molecule has 5 heteroatoms. The van der Waals surface area contributed by atoms with Crippen LogP contribution in [0.15, 0.2) is 35.6 Å².